The summed E-state index contributed by atoms with van der Waals surface area (Å²) >= 11 is 0. The van der Waals surface area contributed by atoms with E-state index in [1.807, 2.05) is 66.7 Å². The molecule has 0 aliphatic rings. The zero-order valence-corrected chi connectivity index (χ0v) is 13.9. The number of hydrogen-bond acceptors (Lipinski definition) is 3. The molecule has 0 aromatic heterocycles. The van der Waals surface area contributed by atoms with E-state index in [-0.39, 0.29) is 5.91 Å². The van der Waals surface area contributed by atoms with Crippen LogP contribution in [0.3, 0.4) is 0 Å². The first kappa shape index (κ1) is 16.5. The van der Waals surface area contributed by atoms with Crippen molar-refractivity contribution in [3.05, 3.63) is 72.3 Å². The Hall–Kier alpha value is -3.32. The number of nitrogens with zero attached hydrogens (tertiary/aromatic N) is 1. The normalized spacial score (nSPS) is 11.5. The number of methoxy groups -OCH3 is 1. The standard InChI is InChI=1S/C21H18N2O2/c1-25-18-11-9-15(10-12-18)13-17(14-22)21(24)23-20-8-4-6-16-5-2-3-7-19(16)20/h2-12,17H,13H2,1H3,(H,23,24). The smallest absolute Gasteiger partial charge is 0.242 e. The Bertz CT molecular complexity index is 921. The maximum atomic E-state index is 12.6. The van der Waals surface area contributed by atoms with Gasteiger partial charge in [0.2, 0.25) is 5.91 Å². The van der Waals surface area contributed by atoms with Crippen molar-refractivity contribution in [2.75, 3.05) is 12.4 Å². The molecule has 1 amide bonds. The molecule has 3 aromatic carbocycles. The van der Waals surface area contributed by atoms with Crippen molar-refractivity contribution in [3.63, 3.8) is 0 Å². The van der Waals surface area contributed by atoms with Gasteiger partial charge in [0.05, 0.1) is 13.2 Å². The van der Waals surface area contributed by atoms with Crippen molar-refractivity contribution in [1.82, 2.24) is 0 Å². The highest BCUT2D eigenvalue weighted by atomic mass is 16.5. The van der Waals surface area contributed by atoms with Gasteiger partial charge in [-0.15, -0.1) is 0 Å². The van der Waals surface area contributed by atoms with E-state index in [0.29, 0.717) is 6.42 Å². The topological polar surface area (TPSA) is 62.1 Å². The molecule has 4 heteroatoms. The maximum absolute atomic E-state index is 12.6. The maximum Gasteiger partial charge on any atom is 0.242 e. The number of hydrogen-bond donors (Lipinski definition) is 1. The number of nitrogens with one attached hydrogen (secondary N) is 1. The lowest BCUT2D eigenvalue weighted by atomic mass is 9.99. The van der Waals surface area contributed by atoms with Crippen LogP contribution in [0, 0.1) is 17.2 Å². The minimum absolute atomic E-state index is 0.297. The van der Waals surface area contributed by atoms with Gasteiger partial charge in [-0.1, -0.05) is 48.5 Å². The van der Waals surface area contributed by atoms with Crippen molar-refractivity contribution in [2.24, 2.45) is 5.92 Å². The third-order valence-corrected chi connectivity index (χ3v) is 4.12. The van der Waals surface area contributed by atoms with E-state index in [9.17, 15) is 10.1 Å². The van der Waals surface area contributed by atoms with Crippen molar-refractivity contribution in [3.8, 4) is 11.8 Å². The highest BCUT2D eigenvalue weighted by molar-refractivity contribution is 6.03. The van der Waals surface area contributed by atoms with Gasteiger partial charge in [-0.2, -0.15) is 5.26 Å². The largest absolute Gasteiger partial charge is 0.497 e. The Morgan fingerprint density at radius 3 is 2.52 bits per heavy atom. The Balaban J connectivity index is 1.76. The number of benzene rings is 3. The minimum atomic E-state index is -0.757. The summed E-state index contributed by atoms with van der Waals surface area (Å²) in [5.74, 6) is -0.306. The lowest BCUT2D eigenvalue weighted by Gasteiger charge is -2.12. The summed E-state index contributed by atoms with van der Waals surface area (Å²) in [6.07, 6.45) is 0.358. The molecule has 4 nitrogen and oxygen atoms in total. The van der Waals surface area contributed by atoms with Gasteiger partial charge in [-0.3, -0.25) is 4.79 Å². The molecule has 0 heterocycles. The predicted octanol–water partition coefficient (Wildman–Crippen LogP) is 4.17. The summed E-state index contributed by atoms with van der Waals surface area (Å²) in [6.45, 7) is 0. The van der Waals surface area contributed by atoms with E-state index in [1.165, 1.54) is 0 Å². The molecule has 0 aliphatic heterocycles. The van der Waals surface area contributed by atoms with Gasteiger partial charge in [0.25, 0.3) is 0 Å². The van der Waals surface area contributed by atoms with E-state index < -0.39 is 5.92 Å². The molecule has 25 heavy (non-hydrogen) atoms. The highest BCUT2D eigenvalue weighted by Crippen LogP contribution is 2.24. The summed E-state index contributed by atoms with van der Waals surface area (Å²) in [7, 11) is 1.60. The first-order valence-electron chi connectivity index (χ1n) is 8.02. The van der Waals surface area contributed by atoms with Gasteiger partial charge in [-0.05, 0) is 35.6 Å². The molecule has 3 rings (SSSR count). The number of nitriles is 1. The minimum Gasteiger partial charge on any atom is -0.497 e. The average molecular weight is 330 g/mol. The van der Waals surface area contributed by atoms with E-state index >= 15 is 0 Å². The van der Waals surface area contributed by atoms with Crippen molar-refractivity contribution < 1.29 is 9.53 Å². The Kier molecular flexibility index (Phi) is 4.96. The number of anilines is 1. The summed E-state index contributed by atoms with van der Waals surface area (Å²) in [4.78, 5) is 12.6. The molecule has 0 saturated carbocycles. The van der Waals surface area contributed by atoms with Gasteiger partial charge in [0.15, 0.2) is 0 Å². The van der Waals surface area contributed by atoms with Gasteiger partial charge >= 0.3 is 0 Å². The molecule has 0 spiro atoms. The number of fused-ring (bicyclic) bond motifs is 1. The Labute approximate surface area is 146 Å². The second-order valence-corrected chi connectivity index (χ2v) is 5.75. The number of carbonyl (C=O) groups is 1. The van der Waals surface area contributed by atoms with Crippen molar-refractivity contribution >= 4 is 22.4 Å². The molecule has 0 aliphatic carbocycles. The molecule has 3 aromatic rings. The Morgan fingerprint density at radius 2 is 1.80 bits per heavy atom. The van der Waals surface area contributed by atoms with Crippen LogP contribution in [0.1, 0.15) is 5.56 Å². The first-order chi connectivity index (χ1) is 12.2. The fourth-order valence-corrected chi connectivity index (χ4v) is 2.75. The fourth-order valence-electron chi connectivity index (χ4n) is 2.75. The Morgan fingerprint density at radius 1 is 1.08 bits per heavy atom. The lowest BCUT2D eigenvalue weighted by molar-refractivity contribution is -0.118. The van der Waals surface area contributed by atoms with E-state index in [4.69, 9.17) is 4.74 Å². The first-order valence-corrected chi connectivity index (χ1v) is 8.02. The molecule has 0 radical (unpaired) electrons. The van der Waals surface area contributed by atoms with Crippen molar-refractivity contribution in [1.29, 1.82) is 5.26 Å². The molecular formula is C21H18N2O2. The van der Waals surface area contributed by atoms with Crippen LogP contribution in [0.15, 0.2) is 66.7 Å². The van der Waals surface area contributed by atoms with Crippen molar-refractivity contribution in [2.45, 2.75) is 6.42 Å². The van der Waals surface area contributed by atoms with E-state index in [0.717, 1.165) is 27.8 Å². The van der Waals surface area contributed by atoms with E-state index in [1.54, 1.807) is 7.11 Å². The summed E-state index contributed by atoms with van der Waals surface area (Å²) in [6, 6.07) is 23.1. The molecule has 1 atom stereocenters. The van der Waals surface area contributed by atoms with E-state index in [2.05, 4.69) is 11.4 Å². The molecule has 0 saturated heterocycles. The third-order valence-electron chi connectivity index (χ3n) is 4.12. The monoisotopic (exact) mass is 330 g/mol. The summed E-state index contributed by atoms with van der Waals surface area (Å²) in [5, 5.41) is 14.3. The van der Waals surface area contributed by atoms with Crippen LogP contribution < -0.4 is 10.1 Å². The lowest BCUT2D eigenvalue weighted by Crippen LogP contribution is -2.23. The molecule has 0 bridgehead atoms. The average Bonchev–Trinajstić information content (AvgIpc) is 2.66. The second kappa shape index (κ2) is 7.50. The number of carbonyl (C=O) groups excluding carboxylic acids is 1. The van der Waals surface area contributed by atoms with Crippen LogP contribution in [0.4, 0.5) is 5.69 Å². The molecular weight excluding hydrogens is 312 g/mol. The number of rotatable bonds is 5. The van der Waals surface area contributed by atoms with Crippen LogP contribution in [0.5, 0.6) is 5.75 Å². The third kappa shape index (κ3) is 3.78. The van der Waals surface area contributed by atoms with Crippen LogP contribution in [0.25, 0.3) is 10.8 Å². The molecule has 1 unspecified atom stereocenters. The number of ether oxygens (including phenoxy) is 1. The van der Waals surface area contributed by atoms with Crippen LogP contribution >= 0.6 is 0 Å². The zero-order chi connectivity index (χ0) is 17.6. The SMILES string of the molecule is COc1ccc(CC(C#N)C(=O)Nc2cccc3ccccc23)cc1. The van der Waals surface area contributed by atoms with Crippen LogP contribution in [-0.2, 0) is 11.2 Å². The van der Waals surface area contributed by atoms with Gasteiger partial charge < -0.3 is 10.1 Å². The number of amides is 1. The summed E-state index contributed by atoms with van der Waals surface area (Å²) in [5.41, 5.74) is 1.64. The van der Waals surface area contributed by atoms with Crippen LogP contribution in [-0.4, -0.2) is 13.0 Å². The quantitative estimate of drug-likeness (QED) is 0.764. The highest BCUT2D eigenvalue weighted by Gasteiger charge is 2.19. The molecule has 0 fully saturated rings. The zero-order valence-electron chi connectivity index (χ0n) is 13.9. The molecule has 1 N–H and O–H groups in total. The van der Waals surface area contributed by atoms with Gasteiger partial charge in [0.1, 0.15) is 11.7 Å². The molecule has 124 valence electrons. The summed E-state index contributed by atoms with van der Waals surface area (Å²) < 4.78 is 5.12. The van der Waals surface area contributed by atoms with Gasteiger partial charge in [-0.25, -0.2) is 0 Å². The predicted molar refractivity (Wildman–Crippen MR) is 98.4 cm³/mol. The fraction of sp³-hybridized carbons (Fsp3) is 0.143. The second-order valence-electron chi connectivity index (χ2n) is 5.75. The van der Waals surface area contributed by atoms with Crippen LogP contribution in [0.2, 0.25) is 0 Å². The van der Waals surface area contributed by atoms with Gasteiger partial charge in [0, 0.05) is 11.1 Å².